The molecule has 0 aliphatic carbocycles. The molecule has 0 radical (unpaired) electrons. The Morgan fingerprint density at radius 1 is 1.15 bits per heavy atom. The van der Waals surface area contributed by atoms with E-state index in [4.69, 9.17) is 27.8 Å². The second-order valence-electron chi connectivity index (χ2n) is 4.59. The van der Waals surface area contributed by atoms with Gasteiger partial charge < -0.3 is 16.2 Å². The lowest BCUT2D eigenvalue weighted by molar-refractivity contribution is 0.0998. The predicted octanol–water partition coefficient (Wildman–Crippen LogP) is 3.43. The van der Waals surface area contributed by atoms with Crippen LogP contribution in [0.2, 0.25) is 5.02 Å². The number of amides is 1. The first-order valence-electron chi connectivity index (χ1n) is 6.02. The van der Waals surface area contributed by atoms with Crippen molar-refractivity contribution in [3.8, 4) is 11.5 Å². The lowest BCUT2D eigenvalue weighted by Gasteiger charge is -2.14. The van der Waals surface area contributed by atoms with Crippen LogP contribution in [0.1, 0.15) is 21.5 Å². The van der Waals surface area contributed by atoms with Crippen LogP contribution in [0.4, 0.5) is 5.69 Å². The number of nitrogens with two attached hydrogens (primary N) is 2. The maximum absolute atomic E-state index is 11.5. The monoisotopic (exact) mass is 290 g/mol. The molecule has 0 aromatic heterocycles. The Kier molecular flexibility index (Phi) is 3.86. The summed E-state index contributed by atoms with van der Waals surface area (Å²) in [6.45, 7) is 3.77. The van der Waals surface area contributed by atoms with Crippen molar-refractivity contribution in [2.75, 3.05) is 5.73 Å². The van der Waals surface area contributed by atoms with Gasteiger partial charge in [0, 0.05) is 10.7 Å². The van der Waals surface area contributed by atoms with Gasteiger partial charge in [-0.3, -0.25) is 4.79 Å². The van der Waals surface area contributed by atoms with Gasteiger partial charge in [-0.25, -0.2) is 0 Å². The predicted molar refractivity (Wildman–Crippen MR) is 80.4 cm³/mol. The summed E-state index contributed by atoms with van der Waals surface area (Å²) in [6, 6.07) is 8.37. The van der Waals surface area contributed by atoms with Crippen molar-refractivity contribution in [1.29, 1.82) is 0 Å². The molecule has 0 atom stereocenters. The fourth-order valence-electron chi connectivity index (χ4n) is 2.00. The van der Waals surface area contributed by atoms with Crippen LogP contribution in [0.25, 0.3) is 0 Å². The Morgan fingerprint density at radius 2 is 1.75 bits per heavy atom. The van der Waals surface area contributed by atoms with Crippen molar-refractivity contribution in [3.63, 3.8) is 0 Å². The lowest BCUT2D eigenvalue weighted by atomic mass is 10.1. The third kappa shape index (κ3) is 2.86. The van der Waals surface area contributed by atoms with Gasteiger partial charge in [-0.15, -0.1) is 0 Å². The molecule has 4 nitrogen and oxygen atoms in total. The summed E-state index contributed by atoms with van der Waals surface area (Å²) in [7, 11) is 0. The Hall–Kier alpha value is -2.20. The van der Waals surface area contributed by atoms with E-state index in [1.165, 1.54) is 6.07 Å². The van der Waals surface area contributed by atoms with Gasteiger partial charge in [0.05, 0.1) is 5.56 Å². The van der Waals surface area contributed by atoms with E-state index in [-0.39, 0.29) is 5.56 Å². The van der Waals surface area contributed by atoms with Crippen molar-refractivity contribution < 1.29 is 9.53 Å². The SMILES string of the molecule is Cc1cc(Cl)cc(C)c1Oc1ccc(N)cc1C(N)=O. The van der Waals surface area contributed by atoms with Crippen molar-refractivity contribution in [2.24, 2.45) is 5.73 Å². The minimum atomic E-state index is -0.587. The fourth-order valence-corrected chi connectivity index (χ4v) is 2.32. The first-order chi connectivity index (χ1) is 9.38. The summed E-state index contributed by atoms with van der Waals surface area (Å²) in [5, 5.41) is 0.639. The van der Waals surface area contributed by atoms with Gasteiger partial charge in [0.2, 0.25) is 0 Å². The molecule has 1 amide bonds. The average molecular weight is 291 g/mol. The number of carbonyl (C=O) groups excluding carboxylic acids is 1. The van der Waals surface area contributed by atoms with Gasteiger partial charge in [0.1, 0.15) is 11.5 Å². The number of benzene rings is 2. The first-order valence-corrected chi connectivity index (χ1v) is 6.40. The molecule has 20 heavy (non-hydrogen) atoms. The van der Waals surface area contributed by atoms with Gasteiger partial charge in [-0.05, 0) is 55.3 Å². The van der Waals surface area contributed by atoms with Gasteiger partial charge >= 0.3 is 0 Å². The number of nitrogen functional groups attached to an aromatic ring is 1. The van der Waals surface area contributed by atoms with Crippen molar-refractivity contribution in [1.82, 2.24) is 0 Å². The number of rotatable bonds is 3. The highest BCUT2D eigenvalue weighted by molar-refractivity contribution is 6.30. The van der Waals surface area contributed by atoms with Crippen LogP contribution in [0.3, 0.4) is 0 Å². The molecule has 0 aliphatic heterocycles. The van der Waals surface area contributed by atoms with Crippen LogP contribution in [0.5, 0.6) is 11.5 Å². The molecule has 0 saturated heterocycles. The highest BCUT2D eigenvalue weighted by Gasteiger charge is 2.13. The third-order valence-electron chi connectivity index (χ3n) is 2.91. The van der Waals surface area contributed by atoms with Gasteiger partial charge in [-0.1, -0.05) is 11.6 Å². The number of hydrogen-bond donors (Lipinski definition) is 2. The molecule has 0 fully saturated rings. The maximum Gasteiger partial charge on any atom is 0.252 e. The second kappa shape index (κ2) is 5.43. The molecule has 4 N–H and O–H groups in total. The Balaban J connectivity index is 2.48. The number of anilines is 1. The number of primary amides is 1. The van der Waals surface area contributed by atoms with E-state index in [1.807, 2.05) is 13.8 Å². The number of halogens is 1. The van der Waals surface area contributed by atoms with Gasteiger partial charge in [-0.2, -0.15) is 0 Å². The third-order valence-corrected chi connectivity index (χ3v) is 3.12. The minimum Gasteiger partial charge on any atom is -0.456 e. The van der Waals surface area contributed by atoms with E-state index in [9.17, 15) is 4.79 Å². The van der Waals surface area contributed by atoms with E-state index in [1.54, 1.807) is 24.3 Å². The Labute approximate surface area is 122 Å². The first kappa shape index (κ1) is 14.2. The molecular weight excluding hydrogens is 276 g/mol. The van der Waals surface area contributed by atoms with Crippen molar-refractivity contribution in [3.05, 3.63) is 52.0 Å². The second-order valence-corrected chi connectivity index (χ2v) is 5.03. The van der Waals surface area contributed by atoms with Crippen LogP contribution < -0.4 is 16.2 Å². The minimum absolute atomic E-state index is 0.249. The standard InChI is InChI=1S/C15H15ClN2O2/c1-8-5-10(16)6-9(2)14(8)20-13-4-3-11(17)7-12(13)15(18)19/h3-7H,17H2,1-2H3,(H2,18,19). The van der Waals surface area contributed by atoms with E-state index >= 15 is 0 Å². The molecule has 2 aromatic carbocycles. The molecule has 0 saturated carbocycles. The van der Waals surface area contributed by atoms with Crippen molar-refractivity contribution in [2.45, 2.75) is 13.8 Å². The summed E-state index contributed by atoms with van der Waals surface area (Å²) < 4.78 is 5.83. The number of aryl methyl sites for hydroxylation is 2. The highest BCUT2D eigenvalue weighted by atomic mass is 35.5. The molecule has 2 aromatic rings. The largest absolute Gasteiger partial charge is 0.456 e. The van der Waals surface area contributed by atoms with E-state index < -0.39 is 5.91 Å². The van der Waals surface area contributed by atoms with E-state index in [0.717, 1.165) is 11.1 Å². The smallest absolute Gasteiger partial charge is 0.252 e. The van der Waals surface area contributed by atoms with Crippen LogP contribution in [0.15, 0.2) is 30.3 Å². The van der Waals surface area contributed by atoms with Crippen LogP contribution in [-0.4, -0.2) is 5.91 Å². The molecule has 0 heterocycles. The van der Waals surface area contributed by atoms with Crippen LogP contribution >= 0.6 is 11.6 Å². The molecule has 5 heteroatoms. The molecule has 0 unspecified atom stereocenters. The highest BCUT2D eigenvalue weighted by Crippen LogP contribution is 2.33. The van der Waals surface area contributed by atoms with E-state index in [2.05, 4.69) is 0 Å². The zero-order valence-corrected chi connectivity index (χ0v) is 12.0. The summed E-state index contributed by atoms with van der Waals surface area (Å²) in [6.07, 6.45) is 0. The van der Waals surface area contributed by atoms with Crippen molar-refractivity contribution >= 4 is 23.2 Å². The Morgan fingerprint density at radius 3 is 2.30 bits per heavy atom. The zero-order chi connectivity index (χ0) is 14.9. The normalized spacial score (nSPS) is 10.3. The van der Waals surface area contributed by atoms with Crippen LogP contribution in [-0.2, 0) is 0 Å². The average Bonchev–Trinajstić information content (AvgIpc) is 2.34. The topological polar surface area (TPSA) is 78.3 Å². The molecule has 0 spiro atoms. The Bertz CT molecular complexity index is 661. The quantitative estimate of drug-likeness (QED) is 0.850. The molecule has 0 bridgehead atoms. The summed E-state index contributed by atoms with van der Waals surface area (Å²) in [4.78, 5) is 11.5. The fraction of sp³-hybridized carbons (Fsp3) is 0.133. The molecule has 2 rings (SSSR count). The molecule has 0 aliphatic rings. The summed E-state index contributed by atoms with van der Waals surface area (Å²) >= 11 is 5.98. The number of hydrogen-bond acceptors (Lipinski definition) is 3. The molecular formula is C15H15ClN2O2. The summed E-state index contributed by atoms with van der Waals surface area (Å²) in [5.74, 6) is 0.443. The lowest BCUT2D eigenvalue weighted by Crippen LogP contribution is -2.13. The maximum atomic E-state index is 11.5. The van der Waals surface area contributed by atoms with Gasteiger partial charge in [0.15, 0.2) is 0 Å². The number of carbonyl (C=O) groups is 1. The summed E-state index contributed by atoms with van der Waals surface area (Å²) in [5.41, 5.74) is 13.5. The number of ether oxygens (including phenoxy) is 1. The zero-order valence-electron chi connectivity index (χ0n) is 11.2. The van der Waals surface area contributed by atoms with E-state index in [0.29, 0.717) is 22.2 Å². The van der Waals surface area contributed by atoms with Crippen LogP contribution in [0, 0.1) is 13.8 Å². The van der Waals surface area contributed by atoms with Gasteiger partial charge in [0.25, 0.3) is 5.91 Å². The molecule has 104 valence electrons.